The minimum atomic E-state index is -3.90. The van der Waals surface area contributed by atoms with Crippen LogP contribution >= 0.6 is 11.3 Å². The molecule has 5 aromatic rings. The SMILES string of the molecule is Cc1nnc(NS(=O)(=O)c2ccc(NC(=O)COC(=O)c3c(-c4ccccc4)c4ccccc4c(=O)n3C)cc2)s1. The molecule has 1 amide bonds. The summed E-state index contributed by atoms with van der Waals surface area (Å²) in [6.07, 6.45) is 0. The van der Waals surface area contributed by atoms with Crippen LogP contribution in [0.25, 0.3) is 21.9 Å². The number of nitrogens with one attached hydrogen (secondary N) is 2. The van der Waals surface area contributed by atoms with Crippen molar-refractivity contribution in [3.05, 3.63) is 99.9 Å². The monoisotopic (exact) mass is 589 g/mol. The lowest BCUT2D eigenvalue weighted by molar-refractivity contribution is -0.119. The highest BCUT2D eigenvalue weighted by atomic mass is 32.2. The number of carbonyl (C=O) groups is 2. The molecular weight excluding hydrogens is 566 g/mol. The average Bonchev–Trinajstić information content (AvgIpc) is 3.37. The largest absolute Gasteiger partial charge is 0.451 e. The molecule has 11 nitrogen and oxygen atoms in total. The normalized spacial score (nSPS) is 11.3. The minimum Gasteiger partial charge on any atom is -0.451 e. The number of ether oxygens (including phenoxy) is 1. The second kappa shape index (κ2) is 11.3. The van der Waals surface area contributed by atoms with E-state index in [-0.39, 0.29) is 21.3 Å². The molecule has 0 fully saturated rings. The topological polar surface area (TPSA) is 149 Å². The second-order valence-electron chi connectivity index (χ2n) is 8.88. The average molecular weight is 590 g/mol. The van der Waals surface area contributed by atoms with Crippen LogP contribution in [0.3, 0.4) is 0 Å². The Balaban J connectivity index is 1.31. The first kappa shape index (κ1) is 27.7. The quantitative estimate of drug-likeness (QED) is 0.258. The highest BCUT2D eigenvalue weighted by Crippen LogP contribution is 2.31. The number of carbonyl (C=O) groups excluding carboxylic acids is 2. The van der Waals surface area contributed by atoms with Crippen LogP contribution in [0.1, 0.15) is 15.5 Å². The molecule has 0 aliphatic carbocycles. The van der Waals surface area contributed by atoms with Gasteiger partial charge in [0.1, 0.15) is 10.7 Å². The second-order valence-corrected chi connectivity index (χ2v) is 11.7. The first-order valence-electron chi connectivity index (χ1n) is 12.2. The van der Waals surface area contributed by atoms with Crippen LogP contribution in [0.2, 0.25) is 0 Å². The molecule has 2 heterocycles. The van der Waals surface area contributed by atoms with Crippen molar-refractivity contribution in [2.24, 2.45) is 7.05 Å². The summed E-state index contributed by atoms with van der Waals surface area (Å²) in [4.78, 5) is 38.9. The van der Waals surface area contributed by atoms with Crippen LogP contribution in [-0.2, 0) is 26.6 Å². The number of benzene rings is 3. The van der Waals surface area contributed by atoms with E-state index >= 15 is 0 Å². The molecule has 0 atom stereocenters. The zero-order chi connectivity index (χ0) is 29.1. The summed E-state index contributed by atoms with van der Waals surface area (Å²) in [6, 6.07) is 21.5. The number of anilines is 2. The third-order valence-electron chi connectivity index (χ3n) is 6.09. The van der Waals surface area contributed by atoms with Gasteiger partial charge in [0.2, 0.25) is 5.13 Å². The number of nitrogens with zero attached hydrogens (tertiary/aromatic N) is 3. The fourth-order valence-electron chi connectivity index (χ4n) is 4.23. The Morgan fingerprint density at radius 2 is 1.59 bits per heavy atom. The van der Waals surface area contributed by atoms with Gasteiger partial charge in [-0.05, 0) is 48.2 Å². The Kier molecular flexibility index (Phi) is 7.64. The molecule has 2 aromatic heterocycles. The number of esters is 1. The lowest BCUT2D eigenvalue weighted by atomic mass is 9.97. The predicted octanol–water partition coefficient (Wildman–Crippen LogP) is 3.96. The summed E-state index contributed by atoms with van der Waals surface area (Å²) in [5, 5.41) is 11.9. The molecule has 0 unspecified atom stereocenters. The van der Waals surface area contributed by atoms with Crippen LogP contribution in [0.15, 0.2) is 88.6 Å². The van der Waals surface area contributed by atoms with Crippen LogP contribution < -0.4 is 15.6 Å². The number of rotatable bonds is 8. The van der Waals surface area contributed by atoms with Crippen molar-refractivity contribution in [3.8, 4) is 11.1 Å². The van der Waals surface area contributed by atoms with Gasteiger partial charge in [0.25, 0.3) is 21.5 Å². The van der Waals surface area contributed by atoms with Gasteiger partial charge in [-0.2, -0.15) is 0 Å². The maximum atomic E-state index is 13.3. The molecule has 41 heavy (non-hydrogen) atoms. The number of amides is 1. The van der Waals surface area contributed by atoms with Gasteiger partial charge in [0.15, 0.2) is 6.61 Å². The molecule has 0 spiro atoms. The first-order chi connectivity index (χ1) is 19.6. The molecule has 0 radical (unpaired) electrons. The smallest absolute Gasteiger partial charge is 0.356 e. The van der Waals surface area contributed by atoms with Crippen LogP contribution in [0.4, 0.5) is 10.8 Å². The predicted molar refractivity (Wildman–Crippen MR) is 155 cm³/mol. The fourth-order valence-corrected chi connectivity index (χ4v) is 6.05. The summed E-state index contributed by atoms with van der Waals surface area (Å²) in [5.41, 5.74) is 1.16. The Labute approximate surface area is 238 Å². The summed E-state index contributed by atoms with van der Waals surface area (Å²) in [7, 11) is -2.42. The van der Waals surface area contributed by atoms with Gasteiger partial charge in [-0.3, -0.25) is 14.3 Å². The lowest BCUT2D eigenvalue weighted by Crippen LogP contribution is -2.28. The number of aromatic nitrogens is 3. The standard InChI is InChI=1S/C28H23N5O6S2/c1-17-30-31-28(40-17)32-41(37,38)20-14-12-19(13-15-20)29-23(34)16-39-27(36)25-24(18-8-4-3-5-9-18)21-10-6-7-11-22(21)26(35)33(25)2/h3-15H,16H2,1-2H3,(H,29,34)(H,31,32). The van der Waals surface area contributed by atoms with E-state index in [2.05, 4.69) is 20.2 Å². The Bertz CT molecular complexity index is 1930. The zero-order valence-corrected chi connectivity index (χ0v) is 23.5. The van der Waals surface area contributed by atoms with E-state index in [1.54, 1.807) is 31.2 Å². The summed E-state index contributed by atoms with van der Waals surface area (Å²) in [5.74, 6) is -1.49. The Hall–Kier alpha value is -4.88. The van der Waals surface area contributed by atoms with E-state index < -0.39 is 28.5 Å². The molecule has 0 aliphatic heterocycles. The van der Waals surface area contributed by atoms with Gasteiger partial charge in [-0.25, -0.2) is 13.2 Å². The number of hydrogen-bond donors (Lipinski definition) is 2. The molecule has 0 saturated carbocycles. The number of fused-ring (bicyclic) bond motifs is 1. The van der Waals surface area contributed by atoms with Crippen molar-refractivity contribution < 1.29 is 22.7 Å². The minimum absolute atomic E-state index is 0.0142. The zero-order valence-electron chi connectivity index (χ0n) is 21.8. The van der Waals surface area contributed by atoms with Gasteiger partial charge in [-0.15, -0.1) is 10.2 Å². The van der Waals surface area contributed by atoms with Crippen molar-refractivity contribution in [1.82, 2.24) is 14.8 Å². The van der Waals surface area contributed by atoms with Crippen molar-refractivity contribution in [2.45, 2.75) is 11.8 Å². The molecular formula is C28H23N5O6S2. The van der Waals surface area contributed by atoms with Crippen LogP contribution in [0.5, 0.6) is 0 Å². The van der Waals surface area contributed by atoms with Gasteiger partial charge in [-0.1, -0.05) is 59.9 Å². The van der Waals surface area contributed by atoms with Crippen LogP contribution in [-0.4, -0.2) is 41.7 Å². The van der Waals surface area contributed by atoms with E-state index in [1.807, 2.05) is 30.3 Å². The molecule has 0 bridgehead atoms. The van der Waals surface area contributed by atoms with E-state index in [1.165, 1.54) is 35.9 Å². The van der Waals surface area contributed by atoms with Crippen LogP contribution in [0, 0.1) is 6.92 Å². The van der Waals surface area contributed by atoms with Crippen molar-refractivity contribution >= 4 is 54.8 Å². The molecule has 5 rings (SSSR count). The molecule has 2 N–H and O–H groups in total. The summed E-state index contributed by atoms with van der Waals surface area (Å²) >= 11 is 1.10. The molecule has 13 heteroatoms. The third kappa shape index (κ3) is 5.85. The third-order valence-corrected chi connectivity index (χ3v) is 8.33. The van der Waals surface area contributed by atoms with Crippen molar-refractivity contribution in [2.75, 3.05) is 16.6 Å². The first-order valence-corrected chi connectivity index (χ1v) is 14.5. The Morgan fingerprint density at radius 1 is 0.927 bits per heavy atom. The number of pyridine rings is 1. The maximum absolute atomic E-state index is 13.3. The number of hydrogen-bond acceptors (Lipinski definition) is 9. The van der Waals surface area contributed by atoms with E-state index in [4.69, 9.17) is 4.74 Å². The fraction of sp³-hybridized carbons (Fsp3) is 0.107. The molecule has 208 valence electrons. The van der Waals surface area contributed by atoms with Crippen molar-refractivity contribution in [1.29, 1.82) is 0 Å². The van der Waals surface area contributed by atoms with Gasteiger partial charge < -0.3 is 14.6 Å². The summed E-state index contributed by atoms with van der Waals surface area (Å²) in [6.45, 7) is 1.07. The highest BCUT2D eigenvalue weighted by Gasteiger charge is 2.24. The molecule has 0 saturated heterocycles. The van der Waals surface area contributed by atoms with Gasteiger partial charge >= 0.3 is 5.97 Å². The van der Waals surface area contributed by atoms with E-state index in [0.29, 0.717) is 32.6 Å². The summed E-state index contributed by atoms with van der Waals surface area (Å²) < 4.78 is 34.1. The highest BCUT2D eigenvalue weighted by molar-refractivity contribution is 7.93. The van der Waals surface area contributed by atoms with Gasteiger partial charge in [0, 0.05) is 23.7 Å². The van der Waals surface area contributed by atoms with Crippen molar-refractivity contribution in [3.63, 3.8) is 0 Å². The molecule has 3 aromatic carbocycles. The number of aryl methyl sites for hydroxylation is 1. The Morgan fingerprint density at radius 3 is 2.24 bits per heavy atom. The van der Waals surface area contributed by atoms with E-state index in [0.717, 1.165) is 11.3 Å². The lowest BCUT2D eigenvalue weighted by Gasteiger charge is -2.16. The van der Waals surface area contributed by atoms with E-state index in [9.17, 15) is 22.8 Å². The molecule has 0 aliphatic rings. The number of sulfonamides is 1. The maximum Gasteiger partial charge on any atom is 0.356 e. The van der Waals surface area contributed by atoms with Gasteiger partial charge in [0.05, 0.1) is 4.90 Å².